The SMILES string of the molecule is CC(C)C(C(=O)NCCNc1ncccn1)N1C(=O)c2ccccc2C1=O. The molecular formula is C19H21N5O3. The molecule has 0 saturated carbocycles. The Bertz CT molecular complexity index is 818. The highest BCUT2D eigenvalue weighted by Crippen LogP contribution is 2.27. The van der Waals surface area contributed by atoms with E-state index in [2.05, 4.69) is 20.6 Å². The Morgan fingerprint density at radius 2 is 1.59 bits per heavy atom. The molecule has 0 spiro atoms. The summed E-state index contributed by atoms with van der Waals surface area (Å²) in [5.41, 5.74) is 0.674. The summed E-state index contributed by atoms with van der Waals surface area (Å²) in [6.07, 6.45) is 3.23. The van der Waals surface area contributed by atoms with E-state index in [1.165, 1.54) is 0 Å². The molecule has 2 N–H and O–H groups in total. The van der Waals surface area contributed by atoms with Gasteiger partial charge in [-0.2, -0.15) is 0 Å². The van der Waals surface area contributed by atoms with Gasteiger partial charge in [-0.3, -0.25) is 19.3 Å². The number of imide groups is 1. The van der Waals surface area contributed by atoms with Crippen molar-refractivity contribution < 1.29 is 14.4 Å². The lowest BCUT2D eigenvalue weighted by molar-refractivity contribution is -0.126. The highest BCUT2D eigenvalue weighted by Gasteiger charge is 2.43. The molecule has 8 heteroatoms. The third-order valence-electron chi connectivity index (χ3n) is 4.28. The first-order chi connectivity index (χ1) is 13.0. The summed E-state index contributed by atoms with van der Waals surface area (Å²) in [7, 11) is 0. The maximum absolute atomic E-state index is 12.7. The number of nitrogens with zero attached hydrogens (tertiary/aromatic N) is 3. The highest BCUT2D eigenvalue weighted by molar-refractivity contribution is 6.22. The van der Waals surface area contributed by atoms with Gasteiger partial charge in [-0.05, 0) is 24.1 Å². The number of aromatic nitrogens is 2. The molecule has 140 valence electrons. The summed E-state index contributed by atoms with van der Waals surface area (Å²) in [5, 5.41) is 5.76. The molecule has 0 bridgehead atoms. The van der Waals surface area contributed by atoms with Gasteiger partial charge in [0.15, 0.2) is 0 Å². The summed E-state index contributed by atoms with van der Waals surface area (Å²) >= 11 is 0. The Morgan fingerprint density at radius 3 is 2.15 bits per heavy atom. The number of anilines is 1. The lowest BCUT2D eigenvalue weighted by atomic mass is 10.0. The number of hydrogen-bond donors (Lipinski definition) is 2. The smallest absolute Gasteiger partial charge is 0.262 e. The van der Waals surface area contributed by atoms with Gasteiger partial charge >= 0.3 is 0 Å². The second kappa shape index (κ2) is 7.94. The monoisotopic (exact) mass is 367 g/mol. The fourth-order valence-electron chi connectivity index (χ4n) is 3.03. The Labute approximate surface area is 157 Å². The van der Waals surface area contributed by atoms with Crippen molar-refractivity contribution >= 4 is 23.7 Å². The van der Waals surface area contributed by atoms with Crippen LogP contribution in [0, 0.1) is 5.92 Å². The number of carbonyl (C=O) groups excluding carboxylic acids is 3. The van der Waals surface area contributed by atoms with E-state index in [4.69, 9.17) is 0 Å². The number of nitrogens with one attached hydrogen (secondary N) is 2. The number of carbonyl (C=O) groups is 3. The number of amides is 3. The molecule has 1 unspecified atom stereocenters. The first-order valence-electron chi connectivity index (χ1n) is 8.76. The molecule has 0 radical (unpaired) electrons. The molecule has 1 atom stereocenters. The molecule has 1 aliphatic rings. The summed E-state index contributed by atoms with van der Waals surface area (Å²) in [6.45, 7) is 4.35. The average molecular weight is 367 g/mol. The third kappa shape index (κ3) is 3.79. The lowest BCUT2D eigenvalue weighted by Crippen LogP contribution is -2.52. The van der Waals surface area contributed by atoms with Crippen LogP contribution in [0.25, 0.3) is 0 Å². The topological polar surface area (TPSA) is 104 Å². The van der Waals surface area contributed by atoms with E-state index in [9.17, 15) is 14.4 Å². The molecule has 1 aromatic heterocycles. The molecule has 0 aliphatic carbocycles. The van der Waals surface area contributed by atoms with Crippen LogP contribution >= 0.6 is 0 Å². The highest BCUT2D eigenvalue weighted by atomic mass is 16.2. The van der Waals surface area contributed by atoms with E-state index in [1.807, 2.05) is 13.8 Å². The zero-order valence-corrected chi connectivity index (χ0v) is 15.2. The van der Waals surface area contributed by atoms with Crippen molar-refractivity contribution in [2.45, 2.75) is 19.9 Å². The molecule has 1 aromatic carbocycles. The molecule has 3 amide bonds. The minimum Gasteiger partial charge on any atom is -0.353 e. The van der Waals surface area contributed by atoms with Crippen LogP contribution < -0.4 is 10.6 Å². The number of benzene rings is 1. The van der Waals surface area contributed by atoms with Crippen LogP contribution in [0.4, 0.5) is 5.95 Å². The van der Waals surface area contributed by atoms with Gasteiger partial charge in [-0.25, -0.2) is 9.97 Å². The quantitative estimate of drug-likeness (QED) is 0.565. The lowest BCUT2D eigenvalue weighted by Gasteiger charge is -2.28. The van der Waals surface area contributed by atoms with Crippen LogP contribution in [0.1, 0.15) is 34.6 Å². The van der Waals surface area contributed by atoms with Crippen molar-refractivity contribution in [2.75, 3.05) is 18.4 Å². The standard InChI is InChI=1S/C19H21N5O3/c1-12(2)15(16(25)20-10-11-23-19-21-8-5-9-22-19)24-17(26)13-6-3-4-7-14(13)18(24)27/h3-9,12,15H,10-11H2,1-2H3,(H,20,25)(H,21,22,23). The Balaban J connectivity index is 1.64. The molecule has 2 heterocycles. The van der Waals surface area contributed by atoms with Crippen molar-refractivity contribution in [1.82, 2.24) is 20.2 Å². The van der Waals surface area contributed by atoms with Crippen LogP contribution in [-0.2, 0) is 4.79 Å². The van der Waals surface area contributed by atoms with E-state index in [0.29, 0.717) is 30.2 Å². The van der Waals surface area contributed by atoms with E-state index < -0.39 is 17.9 Å². The number of fused-ring (bicyclic) bond motifs is 1. The summed E-state index contributed by atoms with van der Waals surface area (Å²) in [6, 6.07) is 7.46. The van der Waals surface area contributed by atoms with Gasteiger partial charge < -0.3 is 10.6 Å². The summed E-state index contributed by atoms with van der Waals surface area (Å²) in [4.78, 5) is 47.2. The summed E-state index contributed by atoms with van der Waals surface area (Å²) in [5.74, 6) is -0.985. The van der Waals surface area contributed by atoms with Crippen molar-refractivity contribution in [1.29, 1.82) is 0 Å². The summed E-state index contributed by atoms with van der Waals surface area (Å²) < 4.78 is 0. The molecule has 8 nitrogen and oxygen atoms in total. The predicted molar refractivity (Wildman–Crippen MR) is 99.1 cm³/mol. The zero-order chi connectivity index (χ0) is 19.4. The van der Waals surface area contributed by atoms with Crippen molar-refractivity contribution in [3.8, 4) is 0 Å². The van der Waals surface area contributed by atoms with Crippen LogP contribution in [-0.4, -0.2) is 51.7 Å². The van der Waals surface area contributed by atoms with Gasteiger partial charge in [0, 0.05) is 25.5 Å². The molecular weight excluding hydrogens is 346 g/mol. The minimum absolute atomic E-state index is 0.224. The predicted octanol–water partition coefficient (Wildman–Crippen LogP) is 1.33. The van der Waals surface area contributed by atoms with Crippen LogP contribution in [0.15, 0.2) is 42.7 Å². The van der Waals surface area contributed by atoms with E-state index in [0.717, 1.165) is 4.90 Å². The van der Waals surface area contributed by atoms with Gasteiger partial charge in [-0.15, -0.1) is 0 Å². The first-order valence-corrected chi connectivity index (χ1v) is 8.76. The number of rotatable bonds is 7. The molecule has 1 aliphatic heterocycles. The van der Waals surface area contributed by atoms with Crippen molar-refractivity contribution in [3.05, 3.63) is 53.9 Å². The van der Waals surface area contributed by atoms with Crippen LogP contribution in [0.2, 0.25) is 0 Å². The second-order valence-corrected chi connectivity index (χ2v) is 6.50. The van der Waals surface area contributed by atoms with Gasteiger partial charge in [-0.1, -0.05) is 26.0 Å². The normalized spacial score (nSPS) is 14.3. The van der Waals surface area contributed by atoms with Crippen LogP contribution in [0.3, 0.4) is 0 Å². The fourth-order valence-corrected chi connectivity index (χ4v) is 3.03. The molecule has 2 aromatic rings. The molecule has 3 rings (SSSR count). The van der Waals surface area contributed by atoms with E-state index in [1.54, 1.807) is 42.7 Å². The first kappa shape index (κ1) is 18.5. The van der Waals surface area contributed by atoms with Crippen molar-refractivity contribution in [2.24, 2.45) is 5.92 Å². The van der Waals surface area contributed by atoms with Gasteiger partial charge in [0.2, 0.25) is 11.9 Å². The Kier molecular flexibility index (Phi) is 5.44. The maximum Gasteiger partial charge on any atom is 0.262 e. The molecule has 0 saturated heterocycles. The maximum atomic E-state index is 12.7. The van der Waals surface area contributed by atoms with Gasteiger partial charge in [0.25, 0.3) is 11.8 Å². The van der Waals surface area contributed by atoms with Gasteiger partial charge in [0.05, 0.1) is 11.1 Å². The van der Waals surface area contributed by atoms with E-state index in [-0.39, 0.29) is 11.8 Å². The third-order valence-corrected chi connectivity index (χ3v) is 4.28. The fraction of sp³-hybridized carbons (Fsp3) is 0.316. The zero-order valence-electron chi connectivity index (χ0n) is 15.2. The number of hydrogen-bond acceptors (Lipinski definition) is 6. The second-order valence-electron chi connectivity index (χ2n) is 6.50. The Hall–Kier alpha value is -3.29. The largest absolute Gasteiger partial charge is 0.353 e. The minimum atomic E-state index is -0.870. The van der Waals surface area contributed by atoms with Gasteiger partial charge in [0.1, 0.15) is 6.04 Å². The molecule has 0 fully saturated rings. The average Bonchev–Trinajstić information content (AvgIpc) is 2.92. The van der Waals surface area contributed by atoms with E-state index >= 15 is 0 Å². The Morgan fingerprint density at radius 1 is 1.00 bits per heavy atom. The molecule has 27 heavy (non-hydrogen) atoms. The van der Waals surface area contributed by atoms with Crippen LogP contribution in [0.5, 0.6) is 0 Å². The van der Waals surface area contributed by atoms with Crippen molar-refractivity contribution in [3.63, 3.8) is 0 Å².